The third-order valence-corrected chi connectivity index (χ3v) is 4.39. The Morgan fingerprint density at radius 3 is 1.30 bits per heavy atom. The third kappa shape index (κ3) is 10.0. The van der Waals surface area contributed by atoms with Crippen molar-refractivity contribution >= 4 is 0 Å². The standard InChI is InChI=1S/C25H32O8/c1-3-8-24-22(6-1)30-18-14-26-10-5-11-27-15-19-31-23-7-2-4-9-25(23)33-21-17-29-13-12-28-16-20-32-24/h1-10H,11-21H2/b10-5+. The van der Waals surface area contributed by atoms with Gasteiger partial charge in [0.2, 0.25) is 0 Å². The molecule has 0 saturated carbocycles. The van der Waals surface area contributed by atoms with Gasteiger partial charge in [0, 0.05) is 0 Å². The van der Waals surface area contributed by atoms with Crippen LogP contribution in [0, 0.1) is 0 Å². The smallest absolute Gasteiger partial charge is 0.161 e. The van der Waals surface area contributed by atoms with Crippen LogP contribution in [0.3, 0.4) is 0 Å². The van der Waals surface area contributed by atoms with E-state index in [1.54, 1.807) is 12.3 Å². The van der Waals surface area contributed by atoms with Gasteiger partial charge in [-0.05, 0) is 30.3 Å². The maximum Gasteiger partial charge on any atom is 0.161 e. The van der Waals surface area contributed by atoms with Gasteiger partial charge in [0.15, 0.2) is 23.0 Å². The van der Waals surface area contributed by atoms with Crippen LogP contribution >= 0.6 is 0 Å². The lowest BCUT2D eigenvalue weighted by Gasteiger charge is -2.13. The van der Waals surface area contributed by atoms with E-state index in [1.807, 2.05) is 48.5 Å². The lowest BCUT2D eigenvalue weighted by molar-refractivity contribution is 0.0267. The highest BCUT2D eigenvalue weighted by atomic mass is 16.6. The van der Waals surface area contributed by atoms with E-state index in [4.69, 9.17) is 37.9 Å². The van der Waals surface area contributed by atoms with Gasteiger partial charge in [0.25, 0.3) is 0 Å². The van der Waals surface area contributed by atoms with Crippen molar-refractivity contribution < 1.29 is 37.9 Å². The van der Waals surface area contributed by atoms with Gasteiger partial charge in [-0.15, -0.1) is 0 Å². The molecule has 1 heterocycles. The first kappa shape index (κ1) is 24.7. The first-order chi connectivity index (χ1) is 16.4. The summed E-state index contributed by atoms with van der Waals surface area (Å²) in [5.74, 6) is 2.69. The molecule has 0 fully saturated rings. The zero-order chi connectivity index (χ0) is 22.8. The minimum absolute atomic E-state index is 0.398. The highest BCUT2D eigenvalue weighted by molar-refractivity contribution is 5.40. The molecular formula is C25H32O8. The van der Waals surface area contributed by atoms with Gasteiger partial charge in [0.05, 0.1) is 45.9 Å². The zero-order valence-corrected chi connectivity index (χ0v) is 18.8. The maximum atomic E-state index is 5.78. The lowest BCUT2D eigenvalue weighted by Crippen LogP contribution is -2.14. The third-order valence-electron chi connectivity index (χ3n) is 4.39. The van der Waals surface area contributed by atoms with Crippen molar-refractivity contribution in [3.8, 4) is 23.0 Å². The van der Waals surface area contributed by atoms with Crippen molar-refractivity contribution in [3.63, 3.8) is 0 Å². The molecule has 0 aromatic heterocycles. The lowest BCUT2D eigenvalue weighted by atomic mass is 10.3. The predicted molar refractivity (Wildman–Crippen MR) is 122 cm³/mol. The molecule has 3 rings (SSSR count). The number of hydrogen-bond acceptors (Lipinski definition) is 8. The summed E-state index contributed by atoms with van der Waals surface area (Å²) < 4.78 is 45.2. The van der Waals surface area contributed by atoms with Crippen LogP contribution in [-0.2, 0) is 18.9 Å². The minimum atomic E-state index is 0.398. The van der Waals surface area contributed by atoms with Crippen LogP contribution in [0.5, 0.6) is 23.0 Å². The van der Waals surface area contributed by atoms with Gasteiger partial charge in [-0.3, -0.25) is 0 Å². The average Bonchev–Trinajstić information content (AvgIpc) is 2.84. The van der Waals surface area contributed by atoms with E-state index >= 15 is 0 Å². The molecule has 0 N–H and O–H groups in total. The zero-order valence-electron chi connectivity index (χ0n) is 18.8. The quantitative estimate of drug-likeness (QED) is 0.592. The second kappa shape index (κ2) is 15.8. The number of para-hydroxylation sites is 4. The molecule has 180 valence electrons. The molecular weight excluding hydrogens is 428 g/mol. The van der Waals surface area contributed by atoms with Crippen molar-refractivity contribution in [1.29, 1.82) is 0 Å². The molecule has 0 aliphatic carbocycles. The van der Waals surface area contributed by atoms with Crippen molar-refractivity contribution in [1.82, 2.24) is 0 Å². The van der Waals surface area contributed by atoms with Gasteiger partial charge in [-0.1, -0.05) is 24.3 Å². The summed E-state index contributed by atoms with van der Waals surface area (Å²) in [5, 5.41) is 0. The maximum absolute atomic E-state index is 5.78. The SMILES string of the molecule is C1=C/OCCOc2ccccc2OCCOCCOCCOc2ccccc2OCCOC/1. The van der Waals surface area contributed by atoms with Gasteiger partial charge in [0.1, 0.15) is 33.0 Å². The summed E-state index contributed by atoms with van der Waals surface area (Å²) in [5.41, 5.74) is 0. The molecule has 8 heteroatoms. The van der Waals surface area contributed by atoms with E-state index in [0.717, 1.165) is 0 Å². The van der Waals surface area contributed by atoms with Gasteiger partial charge in [-0.25, -0.2) is 0 Å². The van der Waals surface area contributed by atoms with E-state index < -0.39 is 0 Å². The molecule has 0 spiro atoms. The van der Waals surface area contributed by atoms with Gasteiger partial charge in [-0.2, -0.15) is 0 Å². The van der Waals surface area contributed by atoms with Gasteiger partial charge >= 0.3 is 0 Å². The van der Waals surface area contributed by atoms with Crippen LogP contribution in [0.2, 0.25) is 0 Å². The number of hydrogen-bond donors (Lipinski definition) is 0. The van der Waals surface area contributed by atoms with E-state index in [2.05, 4.69) is 0 Å². The molecule has 0 saturated heterocycles. The van der Waals surface area contributed by atoms with Gasteiger partial charge < -0.3 is 37.9 Å². The summed E-state index contributed by atoms with van der Waals surface area (Å²) in [4.78, 5) is 0. The van der Waals surface area contributed by atoms with Crippen LogP contribution in [-0.4, -0.2) is 72.7 Å². The Morgan fingerprint density at radius 1 is 0.424 bits per heavy atom. The molecule has 2 aromatic rings. The summed E-state index contributed by atoms with van der Waals surface area (Å²) in [6.07, 6.45) is 3.41. The second-order valence-electron chi connectivity index (χ2n) is 6.83. The Kier molecular flexibility index (Phi) is 11.8. The largest absolute Gasteiger partial charge is 0.498 e. The van der Waals surface area contributed by atoms with Crippen molar-refractivity contribution in [2.45, 2.75) is 0 Å². The van der Waals surface area contributed by atoms with Crippen LogP contribution in [0.15, 0.2) is 60.9 Å². The molecule has 8 nitrogen and oxygen atoms in total. The molecule has 0 atom stereocenters. The first-order valence-corrected chi connectivity index (χ1v) is 11.1. The topological polar surface area (TPSA) is 73.8 Å². The fourth-order valence-corrected chi connectivity index (χ4v) is 2.86. The summed E-state index contributed by atoms with van der Waals surface area (Å²) >= 11 is 0. The highest BCUT2D eigenvalue weighted by Crippen LogP contribution is 2.27. The number of benzene rings is 2. The monoisotopic (exact) mass is 460 g/mol. The Morgan fingerprint density at radius 2 is 0.818 bits per heavy atom. The molecule has 0 radical (unpaired) electrons. The van der Waals surface area contributed by atoms with E-state index in [1.165, 1.54) is 0 Å². The normalized spacial score (nSPS) is 18.7. The van der Waals surface area contributed by atoms with E-state index in [-0.39, 0.29) is 0 Å². The number of rotatable bonds is 0. The molecule has 33 heavy (non-hydrogen) atoms. The minimum Gasteiger partial charge on any atom is -0.498 e. The summed E-state index contributed by atoms with van der Waals surface area (Å²) in [7, 11) is 0. The van der Waals surface area contributed by atoms with Crippen molar-refractivity contribution in [3.05, 3.63) is 60.9 Å². The van der Waals surface area contributed by atoms with Crippen LogP contribution in [0.25, 0.3) is 0 Å². The molecule has 1 aliphatic heterocycles. The summed E-state index contributed by atoms with van der Waals surface area (Å²) in [6, 6.07) is 15.1. The molecule has 0 unspecified atom stereocenters. The first-order valence-electron chi connectivity index (χ1n) is 11.1. The number of fused-ring (bicyclic) bond motifs is 2. The fraction of sp³-hybridized carbons (Fsp3) is 0.440. The Bertz CT molecular complexity index is 810. The molecule has 0 bridgehead atoms. The van der Waals surface area contributed by atoms with E-state index in [9.17, 15) is 0 Å². The Labute approximate surface area is 194 Å². The Balaban J connectivity index is 1.46. The van der Waals surface area contributed by atoms with Crippen molar-refractivity contribution in [2.75, 3.05) is 72.7 Å². The second-order valence-corrected chi connectivity index (χ2v) is 6.83. The molecule has 1 aliphatic rings. The predicted octanol–water partition coefficient (Wildman–Crippen LogP) is 3.50. The van der Waals surface area contributed by atoms with Crippen molar-refractivity contribution in [2.24, 2.45) is 0 Å². The highest BCUT2D eigenvalue weighted by Gasteiger charge is 2.05. The summed E-state index contributed by atoms with van der Waals surface area (Å²) in [6.45, 7) is 4.80. The van der Waals surface area contributed by atoms with Crippen LogP contribution in [0.4, 0.5) is 0 Å². The van der Waals surface area contributed by atoms with Crippen LogP contribution in [0.1, 0.15) is 0 Å². The Hall–Kier alpha value is -2.94. The average molecular weight is 461 g/mol. The fourth-order valence-electron chi connectivity index (χ4n) is 2.86. The molecule has 2 aromatic carbocycles. The number of ether oxygens (including phenoxy) is 8. The van der Waals surface area contributed by atoms with Crippen LogP contribution < -0.4 is 18.9 Å². The molecule has 0 amide bonds. The van der Waals surface area contributed by atoms with E-state index in [0.29, 0.717) is 95.7 Å².